The number of nitrogens with one attached hydrogen (secondary N) is 1. The van der Waals surface area contributed by atoms with Crippen molar-refractivity contribution in [2.45, 2.75) is 13.3 Å². The molecule has 25 heavy (non-hydrogen) atoms. The minimum atomic E-state index is -0.395. The lowest BCUT2D eigenvalue weighted by molar-refractivity contribution is -0.123. The van der Waals surface area contributed by atoms with E-state index in [2.05, 4.69) is 5.32 Å². The predicted octanol–water partition coefficient (Wildman–Crippen LogP) is 2.55. The third kappa shape index (κ3) is 5.31. The molecule has 0 radical (unpaired) electrons. The molecule has 2 amide bonds. The van der Waals surface area contributed by atoms with E-state index in [0.717, 1.165) is 11.3 Å². The maximum atomic E-state index is 13.0. The highest BCUT2D eigenvalue weighted by Crippen LogP contribution is 2.17. The largest absolute Gasteiger partial charge is 0.496 e. The van der Waals surface area contributed by atoms with Gasteiger partial charge in [-0.2, -0.15) is 0 Å². The molecule has 132 valence electrons. The molecule has 0 heterocycles. The van der Waals surface area contributed by atoms with Gasteiger partial charge in [-0.1, -0.05) is 18.2 Å². The van der Waals surface area contributed by atoms with E-state index in [1.54, 1.807) is 7.11 Å². The number of methoxy groups -OCH3 is 1. The Morgan fingerprint density at radius 2 is 1.80 bits per heavy atom. The number of benzene rings is 2. The Morgan fingerprint density at radius 1 is 1.12 bits per heavy atom. The average Bonchev–Trinajstić information content (AvgIpc) is 2.61. The summed E-state index contributed by atoms with van der Waals surface area (Å²) in [6, 6.07) is 13.0. The molecule has 0 saturated carbocycles. The molecule has 0 spiro atoms. The summed E-state index contributed by atoms with van der Waals surface area (Å²) < 4.78 is 18.3. The smallest absolute Gasteiger partial charge is 0.240 e. The molecule has 2 aromatic carbocycles. The van der Waals surface area contributed by atoms with Gasteiger partial charge in [-0.15, -0.1) is 0 Å². The zero-order valence-corrected chi connectivity index (χ0v) is 14.3. The van der Waals surface area contributed by atoms with Crippen molar-refractivity contribution in [1.82, 2.24) is 5.32 Å². The Labute approximate surface area is 146 Å². The van der Waals surface area contributed by atoms with Gasteiger partial charge in [0.05, 0.1) is 7.11 Å². The van der Waals surface area contributed by atoms with Crippen molar-refractivity contribution in [1.29, 1.82) is 0 Å². The first kappa shape index (κ1) is 18.4. The van der Waals surface area contributed by atoms with Gasteiger partial charge >= 0.3 is 0 Å². The molecule has 6 heteroatoms. The Bertz CT molecular complexity index is 732. The topological polar surface area (TPSA) is 58.6 Å². The van der Waals surface area contributed by atoms with Crippen molar-refractivity contribution in [3.8, 4) is 5.75 Å². The van der Waals surface area contributed by atoms with E-state index in [-0.39, 0.29) is 18.4 Å². The van der Waals surface area contributed by atoms with E-state index < -0.39 is 5.82 Å². The third-order valence-corrected chi connectivity index (χ3v) is 3.73. The normalized spacial score (nSPS) is 10.2. The van der Waals surface area contributed by atoms with Crippen LogP contribution in [0.1, 0.15) is 12.5 Å². The Balaban J connectivity index is 1.91. The molecule has 0 bridgehead atoms. The summed E-state index contributed by atoms with van der Waals surface area (Å²) in [7, 11) is 1.60. The second kappa shape index (κ2) is 8.82. The van der Waals surface area contributed by atoms with Gasteiger partial charge in [-0.25, -0.2) is 4.39 Å². The zero-order valence-electron chi connectivity index (χ0n) is 14.3. The molecule has 0 atom stereocenters. The average molecular weight is 344 g/mol. The third-order valence-electron chi connectivity index (χ3n) is 3.73. The maximum Gasteiger partial charge on any atom is 0.240 e. The van der Waals surface area contributed by atoms with Crippen LogP contribution in [0.3, 0.4) is 0 Å². The highest BCUT2D eigenvalue weighted by atomic mass is 19.1. The highest BCUT2D eigenvalue weighted by molar-refractivity contribution is 5.97. The first-order chi connectivity index (χ1) is 12.0. The minimum absolute atomic E-state index is 0.118. The quantitative estimate of drug-likeness (QED) is 0.840. The van der Waals surface area contributed by atoms with E-state index in [1.165, 1.54) is 36.1 Å². The molecule has 0 aliphatic heterocycles. The first-order valence-corrected chi connectivity index (χ1v) is 7.93. The number of nitrogens with zero attached hydrogens (tertiary/aromatic N) is 1. The van der Waals surface area contributed by atoms with Gasteiger partial charge in [-0.05, 0) is 42.3 Å². The Morgan fingerprint density at radius 3 is 2.44 bits per heavy atom. The van der Waals surface area contributed by atoms with Crippen molar-refractivity contribution >= 4 is 17.5 Å². The first-order valence-electron chi connectivity index (χ1n) is 7.93. The van der Waals surface area contributed by atoms with Crippen LogP contribution < -0.4 is 15.0 Å². The van der Waals surface area contributed by atoms with E-state index in [4.69, 9.17) is 4.74 Å². The summed E-state index contributed by atoms with van der Waals surface area (Å²) in [5, 5.41) is 2.79. The zero-order chi connectivity index (χ0) is 18.2. The van der Waals surface area contributed by atoms with Crippen LogP contribution >= 0.6 is 0 Å². The van der Waals surface area contributed by atoms with Crippen LogP contribution in [0.15, 0.2) is 48.5 Å². The number of rotatable bonds is 7. The summed E-state index contributed by atoms with van der Waals surface area (Å²) in [5.74, 6) is -0.192. The summed E-state index contributed by atoms with van der Waals surface area (Å²) in [4.78, 5) is 25.2. The number of hydrogen-bond acceptors (Lipinski definition) is 3. The van der Waals surface area contributed by atoms with Crippen molar-refractivity contribution in [2.75, 3.05) is 25.1 Å². The second-order valence-electron chi connectivity index (χ2n) is 5.49. The van der Waals surface area contributed by atoms with Gasteiger partial charge in [0, 0.05) is 19.2 Å². The number of para-hydroxylation sites is 1. The van der Waals surface area contributed by atoms with Crippen molar-refractivity contribution in [2.24, 2.45) is 0 Å². The molecule has 5 nitrogen and oxygen atoms in total. The fraction of sp³-hybridized carbons (Fsp3) is 0.263. The number of amides is 2. The van der Waals surface area contributed by atoms with Crippen molar-refractivity contribution in [3.05, 3.63) is 59.9 Å². The van der Waals surface area contributed by atoms with Crippen LogP contribution in [-0.4, -0.2) is 32.0 Å². The fourth-order valence-corrected chi connectivity index (χ4v) is 2.45. The molecule has 0 saturated heterocycles. The number of hydrogen-bond donors (Lipinski definition) is 1. The SMILES string of the molecule is COc1ccccc1CCNC(=O)CN(C(C)=O)c1ccc(F)cc1. The minimum Gasteiger partial charge on any atom is -0.496 e. The second-order valence-corrected chi connectivity index (χ2v) is 5.49. The Kier molecular flexibility index (Phi) is 6.51. The molecular formula is C19H21FN2O3. The molecule has 1 N–H and O–H groups in total. The molecule has 0 unspecified atom stereocenters. The molecule has 0 aliphatic rings. The van der Waals surface area contributed by atoms with Gasteiger partial charge in [0.1, 0.15) is 18.1 Å². The van der Waals surface area contributed by atoms with Gasteiger partial charge in [0.15, 0.2) is 0 Å². The molecule has 0 fully saturated rings. The van der Waals surface area contributed by atoms with Crippen LogP contribution in [0.2, 0.25) is 0 Å². The lowest BCUT2D eigenvalue weighted by Gasteiger charge is -2.20. The molecule has 2 aromatic rings. The number of halogens is 1. The number of anilines is 1. The number of ether oxygens (including phenoxy) is 1. The standard InChI is InChI=1S/C19H21FN2O3/c1-14(23)22(17-9-7-16(20)8-10-17)13-19(24)21-12-11-15-5-3-4-6-18(15)25-2/h3-10H,11-13H2,1-2H3,(H,21,24). The predicted molar refractivity (Wildman–Crippen MR) is 94.1 cm³/mol. The molecule has 2 rings (SSSR count). The van der Waals surface area contributed by atoms with Gasteiger partial charge in [0.25, 0.3) is 0 Å². The van der Waals surface area contributed by atoms with Gasteiger partial charge in [-0.3, -0.25) is 9.59 Å². The maximum absolute atomic E-state index is 13.0. The summed E-state index contributed by atoms with van der Waals surface area (Å²) in [6.45, 7) is 1.67. The van der Waals surface area contributed by atoms with E-state index in [1.807, 2.05) is 24.3 Å². The van der Waals surface area contributed by atoms with E-state index >= 15 is 0 Å². The summed E-state index contributed by atoms with van der Waals surface area (Å²) in [6.07, 6.45) is 0.617. The Hall–Kier alpha value is -2.89. The number of carbonyl (C=O) groups excluding carboxylic acids is 2. The highest BCUT2D eigenvalue weighted by Gasteiger charge is 2.15. The van der Waals surface area contributed by atoms with Crippen molar-refractivity contribution < 1.29 is 18.7 Å². The van der Waals surface area contributed by atoms with Crippen LogP contribution in [0.4, 0.5) is 10.1 Å². The van der Waals surface area contributed by atoms with E-state index in [9.17, 15) is 14.0 Å². The lowest BCUT2D eigenvalue weighted by atomic mass is 10.1. The number of carbonyl (C=O) groups is 2. The summed E-state index contributed by atoms with van der Waals surface area (Å²) >= 11 is 0. The molecule has 0 aliphatic carbocycles. The van der Waals surface area contributed by atoms with Crippen LogP contribution in [0, 0.1) is 5.82 Å². The van der Waals surface area contributed by atoms with Gasteiger partial charge in [0.2, 0.25) is 11.8 Å². The molecular weight excluding hydrogens is 323 g/mol. The van der Waals surface area contributed by atoms with Crippen LogP contribution in [0.25, 0.3) is 0 Å². The molecule has 0 aromatic heterocycles. The monoisotopic (exact) mass is 344 g/mol. The van der Waals surface area contributed by atoms with Crippen LogP contribution in [-0.2, 0) is 16.0 Å². The van der Waals surface area contributed by atoms with E-state index in [0.29, 0.717) is 18.7 Å². The van der Waals surface area contributed by atoms with Gasteiger partial charge < -0.3 is 15.0 Å². The fourth-order valence-electron chi connectivity index (χ4n) is 2.45. The van der Waals surface area contributed by atoms with Crippen molar-refractivity contribution in [3.63, 3.8) is 0 Å². The lowest BCUT2D eigenvalue weighted by Crippen LogP contribution is -2.40. The summed E-state index contributed by atoms with van der Waals surface area (Å²) in [5.41, 5.74) is 1.47. The van der Waals surface area contributed by atoms with Crippen LogP contribution in [0.5, 0.6) is 5.75 Å².